The summed E-state index contributed by atoms with van der Waals surface area (Å²) in [5.74, 6) is -5.85. The highest BCUT2D eigenvalue weighted by Crippen LogP contribution is 2.17. The third-order valence-corrected chi connectivity index (χ3v) is 5.95. The van der Waals surface area contributed by atoms with E-state index in [4.69, 9.17) is 40.9 Å². The Morgan fingerprint density at radius 1 is 0.489 bits per heavy atom. The highest BCUT2D eigenvalue weighted by atomic mass is 16.4. The maximum atomic E-state index is 10.7. The molecule has 45 heavy (non-hydrogen) atoms. The Kier molecular flexibility index (Phi) is 23.1. The van der Waals surface area contributed by atoms with E-state index in [1.807, 2.05) is 0 Å². The Hall–Kier alpha value is -4.82. The number of benzene rings is 2. The summed E-state index contributed by atoms with van der Waals surface area (Å²) in [6.45, 7) is 3.59. The van der Waals surface area contributed by atoms with Crippen molar-refractivity contribution in [1.29, 1.82) is 0 Å². The van der Waals surface area contributed by atoms with E-state index in [9.17, 15) is 28.8 Å². The van der Waals surface area contributed by atoms with E-state index in [1.165, 1.54) is 30.3 Å². The second-order valence-electron chi connectivity index (χ2n) is 9.42. The largest absolute Gasteiger partial charge is 0.481 e. The van der Waals surface area contributed by atoms with E-state index in [0.29, 0.717) is 24.0 Å². The second kappa shape index (κ2) is 24.6. The summed E-state index contributed by atoms with van der Waals surface area (Å²) in [7, 11) is 0. The van der Waals surface area contributed by atoms with Gasteiger partial charge in [0.25, 0.3) is 0 Å². The van der Waals surface area contributed by atoms with Gasteiger partial charge in [0, 0.05) is 26.1 Å². The molecule has 0 aliphatic rings. The molecule has 0 aliphatic carbocycles. The van der Waals surface area contributed by atoms with Crippen LogP contribution in [0.3, 0.4) is 0 Å². The highest BCUT2D eigenvalue weighted by molar-refractivity contribution is 5.95. The van der Waals surface area contributed by atoms with Crippen molar-refractivity contribution < 1.29 is 69.6 Å². The minimum atomic E-state index is -1.13. The minimum Gasteiger partial charge on any atom is -0.481 e. The van der Waals surface area contributed by atoms with Crippen LogP contribution in [0.2, 0.25) is 0 Å². The summed E-state index contributed by atoms with van der Waals surface area (Å²) >= 11 is 0. The van der Waals surface area contributed by atoms with Gasteiger partial charge >= 0.3 is 35.8 Å². The van der Waals surface area contributed by atoms with Crippen LogP contribution in [0, 0.1) is 13.8 Å². The first kappa shape index (κ1) is 42.3. The number of aromatic carboxylic acids is 4. The molecule has 2 aromatic rings. The number of unbranched alkanes of at least 4 members (excludes halogenated alkanes) is 5. The number of aliphatic hydroxyl groups excluding tert-OH is 2. The molecule has 0 saturated heterocycles. The topological polar surface area (TPSA) is 264 Å². The van der Waals surface area contributed by atoms with Crippen LogP contribution in [-0.4, -0.2) is 89.9 Å². The van der Waals surface area contributed by atoms with Crippen molar-refractivity contribution in [1.82, 2.24) is 0 Å². The SMILES string of the molecule is Cc1c(C(=O)O)ccc(C(=O)O)c1C.O=C(O)CCCCCCCC(=O)O.O=C(O)c1cccc(C(=O)O)c1.OCCCCO. The number of hydrogen-bond donors (Lipinski definition) is 8. The Bertz CT molecular complexity index is 1160. The third kappa shape index (κ3) is 20.7. The van der Waals surface area contributed by atoms with Crippen LogP contribution in [0.25, 0.3) is 0 Å². The Morgan fingerprint density at radius 2 is 0.822 bits per heavy atom. The molecule has 250 valence electrons. The third-order valence-electron chi connectivity index (χ3n) is 5.95. The number of aliphatic hydroxyl groups is 2. The van der Waals surface area contributed by atoms with Crippen molar-refractivity contribution in [3.05, 3.63) is 69.8 Å². The fourth-order valence-electron chi connectivity index (χ4n) is 3.38. The molecule has 0 unspecified atom stereocenters. The zero-order valence-electron chi connectivity index (χ0n) is 25.3. The molecular weight excluding hydrogens is 596 g/mol. The van der Waals surface area contributed by atoms with Gasteiger partial charge < -0.3 is 40.9 Å². The Labute approximate surface area is 260 Å². The van der Waals surface area contributed by atoms with Gasteiger partial charge in [-0.05, 0) is 81.0 Å². The van der Waals surface area contributed by atoms with Gasteiger partial charge in [0.05, 0.1) is 22.3 Å². The first-order valence-corrected chi connectivity index (χ1v) is 13.9. The standard InChI is InChI=1S/C10H10O4.C9H16O4.C8H6O4.C4H10O2/c1-5-6(2)8(10(13)14)4-3-7(5)9(11)12;10-8(11)6-4-2-1-3-5-7-9(12)13;9-7(10)5-2-1-3-6(4-5)8(11)12;5-3-1-2-4-6/h3-4H,1-2H3,(H,11,12)(H,13,14);1-7H2,(H,10,11)(H,12,13);1-4H,(H,9,10)(H,11,12);5-6H,1-4H2. The fraction of sp³-hybridized carbons (Fsp3) is 0.419. The van der Waals surface area contributed by atoms with Crippen LogP contribution in [0.1, 0.15) is 110 Å². The lowest BCUT2D eigenvalue weighted by Crippen LogP contribution is -2.06. The van der Waals surface area contributed by atoms with E-state index >= 15 is 0 Å². The molecule has 2 aromatic carbocycles. The maximum absolute atomic E-state index is 10.7. The molecular formula is C31H42O14. The molecule has 0 amide bonds. The van der Waals surface area contributed by atoms with E-state index in [1.54, 1.807) is 13.8 Å². The molecule has 0 aliphatic heterocycles. The number of aliphatic carboxylic acids is 2. The molecule has 0 fully saturated rings. The van der Waals surface area contributed by atoms with Gasteiger partial charge in [-0.25, -0.2) is 19.2 Å². The van der Waals surface area contributed by atoms with E-state index in [-0.39, 0.29) is 48.3 Å². The average molecular weight is 639 g/mol. The van der Waals surface area contributed by atoms with E-state index < -0.39 is 35.8 Å². The number of carbonyl (C=O) groups is 6. The van der Waals surface area contributed by atoms with Crippen LogP contribution < -0.4 is 0 Å². The molecule has 0 aromatic heterocycles. The summed E-state index contributed by atoms with van der Waals surface area (Å²) in [5, 5.41) is 67.3. The van der Waals surface area contributed by atoms with Crippen molar-refractivity contribution in [3.8, 4) is 0 Å². The van der Waals surface area contributed by atoms with E-state index in [2.05, 4.69) is 0 Å². The summed E-state index contributed by atoms with van der Waals surface area (Å²) in [6.07, 6.45) is 5.97. The summed E-state index contributed by atoms with van der Waals surface area (Å²) in [6, 6.07) is 7.82. The molecule has 0 atom stereocenters. The number of hydrogen-bond acceptors (Lipinski definition) is 8. The average Bonchev–Trinajstić information content (AvgIpc) is 2.97. The van der Waals surface area contributed by atoms with Crippen molar-refractivity contribution in [2.45, 2.75) is 71.6 Å². The van der Waals surface area contributed by atoms with Gasteiger partial charge in [0.2, 0.25) is 0 Å². The smallest absolute Gasteiger partial charge is 0.335 e. The van der Waals surface area contributed by atoms with Crippen LogP contribution in [0.15, 0.2) is 36.4 Å². The quantitative estimate of drug-likeness (QED) is 0.126. The molecule has 0 saturated carbocycles. The molecule has 14 nitrogen and oxygen atoms in total. The first-order chi connectivity index (χ1) is 21.1. The van der Waals surface area contributed by atoms with Crippen LogP contribution in [0.5, 0.6) is 0 Å². The fourth-order valence-corrected chi connectivity index (χ4v) is 3.38. The highest BCUT2D eigenvalue weighted by Gasteiger charge is 2.14. The Morgan fingerprint density at radius 3 is 1.09 bits per heavy atom. The van der Waals surface area contributed by atoms with E-state index in [0.717, 1.165) is 38.2 Å². The number of carboxylic acids is 6. The summed E-state index contributed by atoms with van der Waals surface area (Å²) in [4.78, 5) is 62.4. The van der Waals surface area contributed by atoms with Crippen LogP contribution in [0.4, 0.5) is 0 Å². The van der Waals surface area contributed by atoms with Crippen molar-refractivity contribution in [2.24, 2.45) is 0 Å². The second-order valence-corrected chi connectivity index (χ2v) is 9.42. The van der Waals surface area contributed by atoms with Gasteiger partial charge in [0.15, 0.2) is 0 Å². The Balaban J connectivity index is 0. The lowest BCUT2D eigenvalue weighted by molar-refractivity contribution is -0.138. The molecule has 0 spiro atoms. The molecule has 2 rings (SSSR count). The van der Waals surface area contributed by atoms with Gasteiger partial charge in [-0.2, -0.15) is 0 Å². The molecule has 0 radical (unpaired) electrons. The zero-order valence-corrected chi connectivity index (χ0v) is 25.3. The van der Waals surface area contributed by atoms with Crippen LogP contribution >= 0.6 is 0 Å². The van der Waals surface area contributed by atoms with Crippen molar-refractivity contribution in [2.75, 3.05) is 13.2 Å². The van der Waals surface area contributed by atoms with Crippen molar-refractivity contribution >= 4 is 35.8 Å². The van der Waals surface area contributed by atoms with Gasteiger partial charge in [0.1, 0.15) is 0 Å². The van der Waals surface area contributed by atoms with Gasteiger partial charge in [-0.3, -0.25) is 9.59 Å². The summed E-state index contributed by atoms with van der Waals surface area (Å²) in [5.41, 5.74) is 1.25. The molecule has 0 bridgehead atoms. The number of rotatable bonds is 15. The van der Waals surface area contributed by atoms with Crippen molar-refractivity contribution in [3.63, 3.8) is 0 Å². The molecule has 0 heterocycles. The van der Waals surface area contributed by atoms with Gasteiger partial charge in [-0.15, -0.1) is 0 Å². The predicted octanol–water partition coefficient (Wildman–Crippen LogP) is 4.42. The van der Waals surface area contributed by atoms with Crippen LogP contribution in [-0.2, 0) is 9.59 Å². The summed E-state index contributed by atoms with van der Waals surface area (Å²) < 4.78 is 0. The lowest BCUT2D eigenvalue weighted by atomic mass is 9.98. The van der Waals surface area contributed by atoms with Gasteiger partial charge in [-0.1, -0.05) is 25.3 Å². The predicted molar refractivity (Wildman–Crippen MR) is 161 cm³/mol. The minimum absolute atomic E-state index is 0.0186. The lowest BCUT2D eigenvalue weighted by Gasteiger charge is -2.07. The maximum Gasteiger partial charge on any atom is 0.335 e. The normalized spacial score (nSPS) is 9.60. The first-order valence-electron chi connectivity index (χ1n) is 13.9. The zero-order chi connectivity index (χ0) is 34.9. The monoisotopic (exact) mass is 638 g/mol. The molecule has 14 heteroatoms. The number of carboxylic acid groups (broad SMARTS) is 6. The molecule has 8 N–H and O–H groups in total.